The third-order valence-corrected chi connectivity index (χ3v) is 6.22. The number of hydrogen-bond donors (Lipinski definition) is 3. The normalized spacial score (nSPS) is 10.9. The maximum atomic E-state index is 12.9. The Bertz CT molecular complexity index is 1690. The molecule has 5 aromatic carbocycles. The maximum absolute atomic E-state index is 12.9. The smallest absolute Gasteiger partial charge is 0.329 e. The van der Waals surface area contributed by atoms with Crippen LogP contribution in [-0.4, -0.2) is 30.5 Å². The van der Waals surface area contributed by atoms with E-state index in [1.807, 2.05) is 55.5 Å². The second-order valence-electron chi connectivity index (χ2n) is 8.84. The lowest BCUT2D eigenvalue weighted by molar-refractivity contribution is -0.136. The predicted octanol–water partition coefficient (Wildman–Crippen LogP) is 5.73. The molecule has 0 aromatic heterocycles. The minimum atomic E-state index is -0.970. The summed E-state index contributed by atoms with van der Waals surface area (Å²) in [6, 6.07) is 31.2. The van der Waals surface area contributed by atoms with E-state index in [0.717, 1.165) is 27.1 Å². The number of ether oxygens (including phenoxy) is 1. The lowest BCUT2D eigenvalue weighted by Crippen LogP contribution is -2.33. The number of nitrogens with zero attached hydrogens (tertiary/aromatic N) is 1. The molecule has 0 heterocycles. The third-order valence-electron chi connectivity index (χ3n) is 6.22. The highest BCUT2D eigenvalue weighted by atomic mass is 16.5. The van der Waals surface area contributed by atoms with E-state index in [2.05, 4.69) is 27.2 Å². The summed E-state index contributed by atoms with van der Waals surface area (Å²) in [7, 11) is 0. The van der Waals surface area contributed by atoms with E-state index in [1.54, 1.807) is 48.5 Å². The number of carbonyl (C=O) groups is 3. The van der Waals surface area contributed by atoms with Crippen molar-refractivity contribution >= 4 is 56.9 Å². The molecule has 0 saturated carbocycles. The Morgan fingerprint density at radius 3 is 2.05 bits per heavy atom. The molecular weight excluding hydrogens is 504 g/mol. The molecule has 198 valence electrons. The molecule has 0 saturated heterocycles. The average molecular weight is 531 g/mol. The van der Waals surface area contributed by atoms with Crippen LogP contribution in [0.2, 0.25) is 0 Å². The molecular formula is C32H26N4O4. The van der Waals surface area contributed by atoms with Crippen LogP contribution in [0.4, 0.5) is 11.4 Å². The first-order valence-electron chi connectivity index (χ1n) is 12.7. The number of rotatable bonds is 7. The zero-order chi connectivity index (χ0) is 27.9. The molecule has 0 spiro atoms. The van der Waals surface area contributed by atoms with E-state index in [0.29, 0.717) is 18.0 Å². The summed E-state index contributed by atoms with van der Waals surface area (Å²) in [5.41, 5.74) is 4.06. The van der Waals surface area contributed by atoms with Crippen LogP contribution in [0.1, 0.15) is 22.8 Å². The summed E-state index contributed by atoms with van der Waals surface area (Å²) in [4.78, 5) is 38.2. The first kappa shape index (κ1) is 26.1. The lowest BCUT2D eigenvalue weighted by Gasteiger charge is -2.11. The molecule has 0 fully saturated rings. The first-order chi connectivity index (χ1) is 19.5. The highest BCUT2D eigenvalue weighted by Gasteiger charge is 2.18. The third kappa shape index (κ3) is 5.81. The molecule has 0 atom stereocenters. The van der Waals surface area contributed by atoms with Gasteiger partial charge in [-0.15, -0.1) is 0 Å². The Hall–Kier alpha value is -5.50. The summed E-state index contributed by atoms with van der Waals surface area (Å²) >= 11 is 0. The van der Waals surface area contributed by atoms with Gasteiger partial charge in [-0.3, -0.25) is 14.4 Å². The monoisotopic (exact) mass is 530 g/mol. The molecule has 0 aliphatic carbocycles. The molecule has 8 heteroatoms. The summed E-state index contributed by atoms with van der Waals surface area (Å²) in [5, 5.41) is 13.4. The fourth-order valence-electron chi connectivity index (χ4n) is 4.36. The van der Waals surface area contributed by atoms with Crippen molar-refractivity contribution in [2.45, 2.75) is 6.92 Å². The fraction of sp³-hybridized carbons (Fsp3) is 0.0625. The average Bonchev–Trinajstić information content (AvgIpc) is 2.98. The Morgan fingerprint density at radius 2 is 1.38 bits per heavy atom. The van der Waals surface area contributed by atoms with Crippen LogP contribution in [0.25, 0.3) is 21.5 Å². The van der Waals surface area contributed by atoms with E-state index in [-0.39, 0.29) is 11.3 Å². The van der Waals surface area contributed by atoms with Crippen molar-refractivity contribution in [2.75, 3.05) is 17.2 Å². The van der Waals surface area contributed by atoms with Crippen LogP contribution in [-0.2, 0) is 9.59 Å². The van der Waals surface area contributed by atoms with Gasteiger partial charge in [-0.2, -0.15) is 5.10 Å². The summed E-state index contributed by atoms with van der Waals surface area (Å²) < 4.78 is 5.42. The van der Waals surface area contributed by atoms with Crippen molar-refractivity contribution in [2.24, 2.45) is 5.10 Å². The number of fused-ring (bicyclic) bond motifs is 2. The number of amides is 3. The number of nitrogens with one attached hydrogen (secondary N) is 3. The van der Waals surface area contributed by atoms with Crippen LogP contribution < -0.4 is 20.8 Å². The molecule has 3 amide bonds. The van der Waals surface area contributed by atoms with Gasteiger partial charge in [0.2, 0.25) is 0 Å². The number of hydrogen-bond acceptors (Lipinski definition) is 5. The zero-order valence-electron chi connectivity index (χ0n) is 21.7. The molecule has 3 N–H and O–H groups in total. The van der Waals surface area contributed by atoms with Crippen molar-refractivity contribution in [3.05, 3.63) is 114 Å². The Kier molecular flexibility index (Phi) is 7.78. The van der Waals surface area contributed by atoms with Gasteiger partial charge in [-0.25, -0.2) is 5.43 Å². The Balaban J connectivity index is 1.28. The van der Waals surface area contributed by atoms with Crippen molar-refractivity contribution in [3.63, 3.8) is 0 Å². The van der Waals surface area contributed by atoms with Gasteiger partial charge in [0.1, 0.15) is 5.75 Å². The Morgan fingerprint density at radius 1 is 0.750 bits per heavy atom. The number of hydrazone groups is 1. The summed E-state index contributed by atoms with van der Waals surface area (Å²) in [6.45, 7) is 2.43. The number of para-hydroxylation sites is 1. The van der Waals surface area contributed by atoms with Crippen molar-refractivity contribution in [1.82, 2.24) is 5.43 Å². The van der Waals surface area contributed by atoms with Crippen LogP contribution in [0.15, 0.2) is 108 Å². The van der Waals surface area contributed by atoms with Crippen molar-refractivity contribution in [1.29, 1.82) is 0 Å². The number of anilines is 2. The second-order valence-corrected chi connectivity index (χ2v) is 8.84. The molecule has 0 radical (unpaired) electrons. The lowest BCUT2D eigenvalue weighted by atomic mass is 9.97. The molecule has 8 nitrogen and oxygen atoms in total. The van der Waals surface area contributed by atoms with E-state index in [9.17, 15) is 14.4 Å². The van der Waals surface area contributed by atoms with Crippen molar-refractivity contribution in [3.8, 4) is 5.75 Å². The SMILES string of the molecule is CCOc1ccc(NC(=O)c2ccccc2NC(=O)C(=O)NN=Cc2c3ccccc3cc3ccccc23)cc1. The summed E-state index contributed by atoms with van der Waals surface area (Å²) in [6.07, 6.45) is 1.54. The predicted molar refractivity (Wildman–Crippen MR) is 158 cm³/mol. The summed E-state index contributed by atoms with van der Waals surface area (Å²) in [5.74, 6) is -1.68. The van der Waals surface area contributed by atoms with Gasteiger partial charge in [-0.1, -0.05) is 60.7 Å². The molecule has 0 aliphatic heterocycles. The van der Waals surface area contributed by atoms with E-state index < -0.39 is 17.7 Å². The van der Waals surface area contributed by atoms with Crippen molar-refractivity contribution < 1.29 is 19.1 Å². The minimum absolute atomic E-state index is 0.190. The highest BCUT2D eigenvalue weighted by molar-refractivity contribution is 6.40. The quantitative estimate of drug-likeness (QED) is 0.108. The van der Waals surface area contributed by atoms with Gasteiger partial charge in [0.25, 0.3) is 5.91 Å². The van der Waals surface area contributed by atoms with Crippen LogP contribution in [0.3, 0.4) is 0 Å². The Labute approximate surface area is 230 Å². The van der Waals surface area contributed by atoms with Gasteiger partial charge < -0.3 is 15.4 Å². The fourth-order valence-corrected chi connectivity index (χ4v) is 4.36. The van der Waals surface area contributed by atoms with Crippen LogP contribution in [0.5, 0.6) is 5.75 Å². The van der Waals surface area contributed by atoms with Gasteiger partial charge in [0.05, 0.1) is 24.1 Å². The van der Waals surface area contributed by atoms with E-state index in [1.165, 1.54) is 6.21 Å². The molecule has 0 unspecified atom stereocenters. The molecule has 0 bridgehead atoms. The zero-order valence-corrected chi connectivity index (χ0v) is 21.7. The van der Waals surface area contributed by atoms with Gasteiger partial charge in [0.15, 0.2) is 0 Å². The van der Waals surface area contributed by atoms with E-state index in [4.69, 9.17) is 4.74 Å². The van der Waals surface area contributed by atoms with Crippen LogP contribution >= 0.6 is 0 Å². The standard InChI is InChI=1S/C32H26N4O4/c1-2-40-24-17-15-23(16-18-24)34-30(37)27-13-7-8-14-29(27)35-31(38)32(39)36-33-20-28-25-11-5-3-9-21(25)19-22-10-4-6-12-26(22)28/h3-20H,2H2,1H3,(H,34,37)(H,35,38)(H,36,39). The number of carbonyl (C=O) groups excluding carboxylic acids is 3. The molecule has 40 heavy (non-hydrogen) atoms. The first-order valence-corrected chi connectivity index (χ1v) is 12.7. The molecule has 5 rings (SSSR count). The largest absolute Gasteiger partial charge is 0.494 e. The molecule has 0 aliphatic rings. The second kappa shape index (κ2) is 11.9. The van der Waals surface area contributed by atoms with Gasteiger partial charge in [-0.05, 0) is 70.9 Å². The number of benzene rings is 5. The van der Waals surface area contributed by atoms with Crippen LogP contribution in [0, 0.1) is 0 Å². The molecule has 5 aromatic rings. The topological polar surface area (TPSA) is 109 Å². The highest BCUT2D eigenvalue weighted by Crippen LogP contribution is 2.27. The van der Waals surface area contributed by atoms with E-state index >= 15 is 0 Å². The minimum Gasteiger partial charge on any atom is -0.494 e. The van der Waals surface area contributed by atoms with Gasteiger partial charge >= 0.3 is 11.8 Å². The maximum Gasteiger partial charge on any atom is 0.329 e. The van der Waals surface area contributed by atoms with Gasteiger partial charge in [0, 0.05) is 11.3 Å².